The first kappa shape index (κ1) is 28.6. The lowest BCUT2D eigenvalue weighted by Gasteiger charge is -2.21. The molecule has 2 heterocycles. The number of benzene rings is 1. The van der Waals surface area contributed by atoms with E-state index in [4.69, 9.17) is 0 Å². The topological polar surface area (TPSA) is 141 Å². The first-order valence-electron chi connectivity index (χ1n) is 13.0. The van der Waals surface area contributed by atoms with Gasteiger partial charge in [-0.1, -0.05) is 68.5 Å². The van der Waals surface area contributed by atoms with E-state index in [1.807, 2.05) is 80.6 Å². The third-order valence-corrected chi connectivity index (χ3v) is 7.47. The standard InChI is InChI=1S/C29H32N6O4S/c1-18(2)14-23(31-28(38)25-17-21-9-3-4-12-24(21)40-25)27(37)33-35-29(39)34-32-26(36)16-19-8-7-10-20(15-19)22-11-5-6-13-30-22/h3-13,15,17-18,21,23-24H,14,16H2,1-2H3,(H,31,38)(H,32,36)(H,33,37)(H2,34,35,39)/t21?,23-,24?/m0/s1. The van der Waals surface area contributed by atoms with Gasteiger partial charge in [-0.05, 0) is 36.1 Å². The summed E-state index contributed by atoms with van der Waals surface area (Å²) in [7, 11) is 0. The monoisotopic (exact) mass is 560 g/mol. The molecule has 0 radical (unpaired) electrons. The van der Waals surface area contributed by atoms with Crippen molar-refractivity contribution < 1.29 is 19.2 Å². The van der Waals surface area contributed by atoms with Crippen LogP contribution in [0, 0.1) is 11.8 Å². The van der Waals surface area contributed by atoms with E-state index in [9.17, 15) is 19.2 Å². The van der Waals surface area contributed by atoms with Crippen LogP contribution in [0.1, 0.15) is 25.8 Å². The van der Waals surface area contributed by atoms with E-state index in [1.165, 1.54) is 11.8 Å². The Balaban J connectivity index is 1.23. The van der Waals surface area contributed by atoms with E-state index in [0.717, 1.165) is 16.8 Å². The number of rotatable bonds is 8. The van der Waals surface area contributed by atoms with E-state index in [2.05, 4.69) is 32.0 Å². The molecule has 10 nitrogen and oxygen atoms in total. The van der Waals surface area contributed by atoms with Crippen molar-refractivity contribution in [3.05, 3.63) is 89.5 Å². The quantitative estimate of drug-likeness (QED) is 0.315. The van der Waals surface area contributed by atoms with E-state index < -0.39 is 23.9 Å². The maximum absolute atomic E-state index is 12.9. The molecule has 0 bridgehead atoms. The maximum Gasteiger partial charge on any atom is 0.352 e. The second-order valence-corrected chi connectivity index (χ2v) is 11.0. The zero-order valence-corrected chi connectivity index (χ0v) is 23.0. The van der Waals surface area contributed by atoms with Gasteiger partial charge in [-0.15, -0.1) is 11.8 Å². The first-order chi connectivity index (χ1) is 19.3. The molecule has 208 valence electrons. The minimum atomic E-state index is -0.857. The summed E-state index contributed by atoms with van der Waals surface area (Å²) in [6.07, 6.45) is 12.0. The van der Waals surface area contributed by atoms with Gasteiger partial charge in [-0.3, -0.25) is 30.2 Å². The number of nitrogens with one attached hydrogen (secondary N) is 5. The second-order valence-electron chi connectivity index (χ2n) is 9.82. The Bertz CT molecular complexity index is 1340. The average molecular weight is 561 g/mol. The van der Waals surface area contributed by atoms with Crippen molar-refractivity contribution in [3.8, 4) is 11.3 Å². The summed E-state index contributed by atoms with van der Waals surface area (Å²) in [5.41, 5.74) is 11.4. The third kappa shape index (κ3) is 8.06. The van der Waals surface area contributed by atoms with Gasteiger partial charge < -0.3 is 5.32 Å². The van der Waals surface area contributed by atoms with Crippen LogP contribution in [0.2, 0.25) is 0 Å². The van der Waals surface area contributed by atoms with E-state index >= 15 is 0 Å². The molecule has 1 aromatic carbocycles. The molecule has 40 heavy (non-hydrogen) atoms. The summed E-state index contributed by atoms with van der Waals surface area (Å²) in [6, 6.07) is 11.3. The summed E-state index contributed by atoms with van der Waals surface area (Å²) < 4.78 is 0. The number of urea groups is 1. The zero-order chi connectivity index (χ0) is 28.5. The van der Waals surface area contributed by atoms with Gasteiger partial charge in [-0.2, -0.15) is 0 Å². The van der Waals surface area contributed by atoms with Crippen molar-refractivity contribution in [1.82, 2.24) is 32.0 Å². The smallest absolute Gasteiger partial charge is 0.340 e. The molecule has 2 aliphatic rings. The lowest BCUT2D eigenvalue weighted by atomic mass is 10.00. The fourth-order valence-corrected chi connectivity index (χ4v) is 5.45. The Hall–Kier alpha value is -4.38. The Morgan fingerprint density at radius 2 is 1.75 bits per heavy atom. The lowest BCUT2D eigenvalue weighted by Crippen LogP contribution is -2.57. The maximum atomic E-state index is 12.9. The second kappa shape index (κ2) is 13.6. The molecule has 1 aliphatic carbocycles. The number of hydrogen-bond donors (Lipinski definition) is 5. The molecule has 1 aromatic heterocycles. The van der Waals surface area contributed by atoms with E-state index in [0.29, 0.717) is 11.3 Å². The molecule has 1 aliphatic heterocycles. The van der Waals surface area contributed by atoms with Crippen molar-refractivity contribution in [2.75, 3.05) is 0 Å². The Morgan fingerprint density at radius 1 is 0.950 bits per heavy atom. The number of hydrazine groups is 2. The molecule has 5 amide bonds. The summed E-state index contributed by atoms with van der Waals surface area (Å²) in [5, 5.41) is 2.96. The summed E-state index contributed by atoms with van der Waals surface area (Å²) in [6.45, 7) is 3.86. The summed E-state index contributed by atoms with van der Waals surface area (Å²) in [5.74, 6) is -1.09. The predicted molar refractivity (Wildman–Crippen MR) is 154 cm³/mol. The summed E-state index contributed by atoms with van der Waals surface area (Å²) >= 11 is 1.46. The van der Waals surface area contributed by atoms with Crippen LogP contribution in [0.25, 0.3) is 11.3 Å². The van der Waals surface area contributed by atoms with Gasteiger partial charge in [0.25, 0.3) is 11.8 Å². The van der Waals surface area contributed by atoms with Gasteiger partial charge in [-0.25, -0.2) is 15.6 Å². The highest BCUT2D eigenvalue weighted by molar-refractivity contribution is 8.05. The van der Waals surface area contributed by atoms with Crippen LogP contribution in [-0.4, -0.2) is 40.0 Å². The van der Waals surface area contributed by atoms with Gasteiger partial charge >= 0.3 is 6.03 Å². The van der Waals surface area contributed by atoms with Crippen molar-refractivity contribution in [2.24, 2.45) is 11.8 Å². The Kier molecular flexibility index (Phi) is 9.74. The third-order valence-electron chi connectivity index (χ3n) is 6.15. The SMILES string of the molecule is CC(C)C[C@H](NC(=O)C1=CC2C=CC=CC2S1)C(=O)NNC(=O)NNC(=O)Cc1cccc(-c2ccccn2)c1. The number of allylic oxidation sites excluding steroid dienone is 4. The zero-order valence-electron chi connectivity index (χ0n) is 22.2. The van der Waals surface area contributed by atoms with Crippen LogP contribution in [-0.2, 0) is 20.8 Å². The normalized spacial score (nSPS) is 17.8. The molecule has 0 saturated heterocycles. The van der Waals surface area contributed by atoms with Gasteiger partial charge in [0.15, 0.2) is 0 Å². The van der Waals surface area contributed by atoms with E-state index in [1.54, 1.807) is 12.3 Å². The number of aromatic nitrogens is 1. The molecule has 4 rings (SSSR count). The van der Waals surface area contributed by atoms with Crippen molar-refractivity contribution in [3.63, 3.8) is 0 Å². The lowest BCUT2D eigenvalue weighted by molar-refractivity contribution is -0.128. The number of hydrogen-bond acceptors (Lipinski definition) is 6. The van der Waals surface area contributed by atoms with Crippen molar-refractivity contribution in [2.45, 2.75) is 38.0 Å². The number of amides is 5. The highest BCUT2D eigenvalue weighted by atomic mass is 32.2. The largest absolute Gasteiger partial charge is 0.352 e. The number of carbonyl (C=O) groups excluding carboxylic acids is 4. The molecule has 0 spiro atoms. The molecule has 11 heteroatoms. The molecule has 2 aromatic rings. The number of fused-ring (bicyclic) bond motifs is 1. The van der Waals surface area contributed by atoms with Gasteiger partial charge in [0.05, 0.1) is 17.0 Å². The molecule has 0 saturated carbocycles. The first-order valence-corrected chi connectivity index (χ1v) is 13.9. The highest BCUT2D eigenvalue weighted by Crippen LogP contribution is 2.39. The predicted octanol–water partition coefficient (Wildman–Crippen LogP) is 2.93. The fourth-order valence-electron chi connectivity index (χ4n) is 4.26. The van der Waals surface area contributed by atoms with Gasteiger partial charge in [0.1, 0.15) is 6.04 Å². The average Bonchev–Trinajstić information content (AvgIpc) is 3.39. The molecule has 3 atom stereocenters. The number of thioether (sulfide) groups is 1. The van der Waals surface area contributed by atoms with Crippen molar-refractivity contribution in [1.29, 1.82) is 0 Å². The van der Waals surface area contributed by atoms with Crippen LogP contribution in [0.3, 0.4) is 0 Å². The number of pyridine rings is 1. The molecular weight excluding hydrogens is 528 g/mol. The Morgan fingerprint density at radius 3 is 2.50 bits per heavy atom. The van der Waals surface area contributed by atoms with Gasteiger partial charge in [0.2, 0.25) is 5.91 Å². The van der Waals surface area contributed by atoms with Gasteiger partial charge in [0, 0.05) is 22.9 Å². The van der Waals surface area contributed by atoms with Crippen LogP contribution in [0.4, 0.5) is 4.79 Å². The highest BCUT2D eigenvalue weighted by Gasteiger charge is 2.31. The van der Waals surface area contributed by atoms with E-state index in [-0.39, 0.29) is 29.4 Å². The minimum absolute atomic E-state index is 0.0248. The van der Waals surface area contributed by atoms with Crippen LogP contribution < -0.4 is 27.0 Å². The number of carbonyl (C=O) groups is 4. The fraction of sp³-hybridized carbons (Fsp3) is 0.276. The molecule has 2 unspecified atom stereocenters. The molecule has 0 fully saturated rings. The minimum Gasteiger partial charge on any atom is -0.340 e. The van der Waals surface area contributed by atoms with Crippen LogP contribution in [0.5, 0.6) is 0 Å². The van der Waals surface area contributed by atoms with Crippen LogP contribution in [0.15, 0.2) is 83.9 Å². The molecule has 5 N–H and O–H groups in total. The van der Waals surface area contributed by atoms with Crippen LogP contribution >= 0.6 is 11.8 Å². The Labute approximate surface area is 237 Å². The summed E-state index contributed by atoms with van der Waals surface area (Å²) in [4.78, 5) is 55.1. The number of nitrogens with zero attached hydrogens (tertiary/aromatic N) is 1. The molecular formula is C29H32N6O4S. The van der Waals surface area contributed by atoms with Crippen molar-refractivity contribution >= 4 is 35.5 Å².